The van der Waals surface area contributed by atoms with Crippen LogP contribution in [0.1, 0.15) is 43.4 Å². The molecule has 1 heterocycles. The maximum Gasteiger partial charge on any atom is 0.214 e. The molecule has 1 aliphatic rings. The Morgan fingerprint density at radius 2 is 2.06 bits per heavy atom. The summed E-state index contributed by atoms with van der Waals surface area (Å²) in [5, 5.41) is 0. The summed E-state index contributed by atoms with van der Waals surface area (Å²) in [5.41, 5.74) is 2.34. The van der Waals surface area contributed by atoms with Gasteiger partial charge in [-0.25, -0.2) is 8.42 Å². The Morgan fingerprint density at radius 3 is 2.72 bits per heavy atom. The number of rotatable bonds is 4. The molecule has 1 saturated heterocycles. The molecular formula is C14H21NO2S. The molecule has 2 rings (SSSR count). The summed E-state index contributed by atoms with van der Waals surface area (Å²) >= 11 is 0. The van der Waals surface area contributed by atoms with Crippen molar-refractivity contribution in [2.45, 2.75) is 39.2 Å². The van der Waals surface area contributed by atoms with Crippen LogP contribution in [0.5, 0.6) is 0 Å². The van der Waals surface area contributed by atoms with Gasteiger partial charge < -0.3 is 0 Å². The molecule has 1 aliphatic heterocycles. The van der Waals surface area contributed by atoms with Crippen LogP contribution in [-0.4, -0.2) is 25.0 Å². The maximum absolute atomic E-state index is 12.3. The number of nitrogens with zero attached hydrogens (tertiary/aromatic N) is 1. The zero-order valence-electron chi connectivity index (χ0n) is 11.1. The normalized spacial score (nSPS) is 21.3. The molecule has 0 amide bonds. The average Bonchev–Trinajstić information content (AvgIpc) is 2.79. The van der Waals surface area contributed by atoms with Crippen molar-refractivity contribution in [1.29, 1.82) is 0 Å². The maximum atomic E-state index is 12.3. The monoisotopic (exact) mass is 267 g/mol. The summed E-state index contributed by atoms with van der Waals surface area (Å²) in [5.74, 6) is 0.259. The van der Waals surface area contributed by atoms with E-state index in [4.69, 9.17) is 0 Å². The van der Waals surface area contributed by atoms with E-state index in [9.17, 15) is 8.42 Å². The minimum absolute atomic E-state index is 0.0442. The molecule has 0 unspecified atom stereocenters. The summed E-state index contributed by atoms with van der Waals surface area (Å²) in [6, 6.07) is 8.14. The highest BCUT2D eigenvalue weighted by Gasteiger charge is 2.34. The predicted octanol–water partition coefficient (Wildman–Crippen LogP) is 2.87. The van der Waals surface area contributed by atoms with Crippen molar-refractivity contribution in [3.05, 3.63) is 35.4 Å². The molecular weight excluding hydrogens is 246 g/mol. The summed E-state index contributed by atoms with van der Waals surface area (Å²) in [7, 11) is -3.09. The molecule has 3 nitrogen and oxygen atoms in total. The van der Waals surface area contributed by atoms with Crippen LogP contribution in [-0.2, 0) is 10.0 Å². The Hall–Kier alpha value is -0.870. The summed E-state index contributed by atoms with van der Waals surface area (Å²) in [6.07, 6.45) is 2.58. The largest absolute Gasteiger partial charge is 0.214 e. The van der Waals surface area contributed by atoms with Gasteiger partial charge in [-0.15, -0.1) is 0 Å². The van der Waals surface area contributed by atoms with Crippen molar-refractivity contribution in [3.63, 3.8) is 0 Å². The van der Waals surface area contributed by atoms with Crippen LogP contribution in [0.4, 0.5) is 0 Å². The molecule has 18 heavy (non-hydrogen) atoms. The third kappa shape index (κ3) is 2.59. The summed E-state index contributed by atoms with van der Waals surface area (Å²) in [4.78, 5) is 0. The Morgan fingerprint density at radius 1 is 1.33 bits per heavy atom. The zero-order valence-corrected chi connectivity index (χ0v) is 11.9. The number of aryl methyl sites for hydroxylation is 1. The number of hydrogen-bond donors (Lipinski definition) is 0. The van der Waals surface area contributed by atoms with Crippen LogP contribution in [0.3, 0.4) is 0 Å². The molecule has 1 atom stereocenters. The second-order valence-corrected chi connectivity index (χ2v) is 6.98. The minimum atomic E-state index is -3.09. The average molecular weight is 267 g/mol. The van der Waals surface area contributed by atoms with E-state index in [0.29, 0.717) is 13.0 Å². The lowest BCUT2D eigenvalue weighted by Gasteiger charge is -2.25. The molecule has 1 aromatic carbocycles. The summed E-state index contributed by atoms with van der Waals surface area (Å²) < 4.78 is 26.2. The molecule has 4 heteroatoms. The van der Waals surface area contributed by atoms with Gasteiger partial charge >= 0.3 is 0 Å². The fourth-order valence-corrected chi connectivity index (χ4v) is 4.48. The van der Waals surface area contributed by atoms with Crippen LogP contribution in [0.2, 0.25) is 0 Å². The van der Waals surface area contributed by atoms with Crippen LogP contribution in [0, 0.1) is 6.92 Å². The van der Waals surface area contributed by atoms with Gasteiger partial charge in [0, 0.05) is 12.6 Å². The SMILES string of the molecule is CCCS(=O)(=O)N1CCC[C@H]1c1ccccc1C. The molecule has 0 spiro atoms. The van der Waals surface area contributed by atoms with Gasteiger partial charge in [-0.05, 0) is 37.3 Å². The van der Waals surface area contributed by atoms with Gasteiger partial charge in [0.05, 0.1) is 5.75 Å². The lowest BCUT2D eigenvalue weighted by Crippen LogP contribution is -2.32. The molecule has 0 bridgehead atoms. The van der Waals surface area contributed by atoms with E-state index < -0.39 is 10.0 Å². The molecule has 1 fully saturated rings. The third-order valence-electron chi connectivity index (χ3n) is 3.57. The lowest BCUT2D eigenvalue weighted by atomic mass is 10.0. The van der Waals surface area contributed by atoms with Crippen LogP contribution >= 0.6 is 0 Å². The van der Waals surface area contributed by atoms with Crippen molar-refractivity contribution in [2.24, 2.45) is 0 Å². The minimum Gasteiger partial charge on any atom is -0.212 e. The van der Waals surface area contributed by atoms with Gasteiger partial charge in [-0.1, -0.05) is 31.2 Å². The molecule has 100 valence electrons. The Labute approximate surface area is 110 Å². The predicted molar refractivity (Wildman–Crippen MR) is 73.9 cm³/mol. The van der Waals surface area contributed by atoms with E-state index in [0.717, 1.165) is 18.4 Å². The highest BCUT2D eigenvalue weighted by Crippen LogP contribution is 2.35. The fraction of sp³-hybridized carbons (Fsp3) is 0.571. The van der Waals surface area contributed by atoms with E-state index in [1.165, 1.54) is 5.56 Å². The van der Waals surface area contributed by atoms with Gasteiger partial charge in [-0.2, -0.15) is 4.31 Å². The number of sulfonamides is 1. The first-order valence-corrected chi connectivity index (χ1v) is 8.22. The smallest absolute Gasteiger partial charge is 0.212 e. The standard InChI is InChI=1S/C14H21NO2S/c1-3-11-18(16,17)15-10-6-9-14(15)13-8-5-4-7-12(13)2/h4-5,7-8,14H,3,6,9-11H2,1-2H3/t14-/m0/s1. The van der Waals surface area contributed by atoms with Crippen LogP contribution in [0.25, 0.3) is 0 Å². The van der Waals surface area contributed by atoms with Crippen molar-refractivity contribution in [1.82, 2.24) is 4.31 Å². The Bertz CT molecular complexity index is 510. The first-order valence-electron chi connectivity index (χ1n) is 6.61. The number of hydrogen-bond acceptors (Lipinski definition) is 2. The molecule has 0 radical (unpaired) electrons. The molecule has 0 aliphatic carbocycles. The molecule has 1 aromatic rings. The molecule has 0 aromatic heterocycles. The fourth-order valence-electron chi connectivity index (χ4n) is 2.72. The van der Waals surface area contributed by atoms with E-state index in [-0.39, 0.29) is 11.8 Å². The third-order valence-corrected chi connectivity index (χ3v) is 5.65. The van der Waals surface area contributed by atoms with Crippen molar-refractivity contribution < 1.29 is 8.42 Å². The topological polar surface area (TPSA) is 37.4 Å². The van der Waals surface area contributed by atoms with E-state index >= 15 is 0 Å². The van der Waals surface area contributed by atoms with Crippen molar-refractivity contribution in [2.75, 3.05) is 12.3 Å². The van der Waals surface area contributed by atoms with E-state index in [1.54, 1.807) is 4.31 Å². The Balaban J connectivity index is 2.31. The summed E-state index contributed by atoms with van der Waals surface area (Å²) in [6.45, 7) is 4.63. The first-order chi connectivity index (χ1) is 8.56. The van der Waals surface area contributed by atoms with Crippen molar-refractivity contribution >= 4 is 10.0 Å². The van der Waals surface area contributed by atoms with Gasteiger partial charge in [0.2, 0.25) is 10.0 Å². The van der Waals surface area contributed by atoms with E-state index in [2.05, 4.69) is 19.1 Å². The van der Waals surface area contributed by atoms with Gasteiger partial charge in [0.1, 0.15) is 0 Å². The second kappa shape index (κ2) is 5.41. The zero-order chi connectivity index (χ0) is 13.2. The quantitative estimate of drug-likeness (QED) is 0.841. The van der Waals surface area contributed by atoms with Gasteiger partial charge in [-0.3, -0.25) is 0 Å². The van der Waals surface area contributed by atoms with Gasteiger partial charge in [0.25, 0.3) is 0 Å². The first kappa shape index (κ1) is 13.6. The Kier molecular flexibility index (Phi) is 4.07. The highest BCUT2D eigenvalue weighted by molar-refractivity contribution is 7.89. The molecule has 0 saturated carbocycles. The van der Waals surface area contributed by atoms with Crippen LogP contribution < -0.4 is 0 Å². The van der Waals surface area contributed by atoms with E-state index in [1.807, 2.05) is 19.1 Å². The van der Waals surface area contributed by atoms with Crippen molar-refractivity contribution in [3.8, 4) is 0 Å². The lowest BCUT2D eigenvalue weighted by molar-refractivity contribution is 0.395. The van der Waals surface area contributed by atoms with Gasteiger partial charge in [0.15, 0.2) is 0 Å². The second-order valence-electron chi connectivity index (χ2n) is 4.94. The molecule has 0 N–H and O–H groups in total. The van der Waals surface area contributed by atoms with Crippen LogP contribution in [0.15, 0.2) is 24.3 Å². The number of benzene rings is 1. The highest BCUT2D eigenvalue weighted by atomic mass is 32.2.